The summed E-state index contributed by atoms with van der Waals surface area (Å²) < 4.78 is 108. The third kappa shape index (κ3) is 2.84. The van der Waals surface area contributed by atoms with Gasteiger partial charge in [-0.25, -0.2) is 0 Å². The standard InChI is InChI=1S/C15H14F6O3S2/c1-2-9-4-3-5-12-11(9)8-13(10-6-7-10)25(12,14(16,17)18)24-26(22,23)15(19,20)21/h3-5,8,10H,2,6-7H2,1H3. The van der Waals surface area contributed by atoms with Crippen LogP contribution in [0.25, 0.3) is 6.08 Å². The molecule has 1 aromatic rings. The monoisotopic (exact) mass is 420 g/mol. The second-order valence-corrected chi connectivity index (χ2v) is 10.4. The number of benzene rings is 1. The number of halogens is 6. The van der Waals surface area contributed by atoms with Crippen LogP contribution in [0.15, 0.2) is 28.0 Å². The minimum Gasteiger partial charge on any atom is -0.196 e. The number of alkyl halides is 6. The van der Waals surface area contributed by atoms with E-state index in [1.807, 2.05) is 0 Å². The van der Waals surface area contributed by atoms with Gasteiger partial charge in [-0.3, -0.25) is 0 Å². The summed E-state index contributed by atoms with van der Waals surface area (Å²) >= 11 is 0. The molecule has 1 fully saturated rings. The summed E-state index contributed by atoms with van der Waals surface area (Å²) in [5, 5.41) is 0. The molecule has 1 heterocycles. The number of fused-ring (bicyclic) bond motifs is 1. The summed E-state index contributed by atoms with van der Waals surface area (Å²) in [6, 6.07) is 3.84. The van der Waals surface area contributed by atoms with Crippen molar-refractivity contribution < 1.29 is 38.4 Å². The Labute approximate surface area is 147 Å². The number of allylic oxidation sites excluding steroid dienone is 1. The van der Waals surface area contributed by atoms with Crippen LogP contribution >= 0.6 is 10.3 Å². The molecule has 1 saturated carbocycles. The molecule has 2 aliphatic rings. The van der Waals surface area contributed by atoms with Crippen molar-refractivity contribution in [1.82, 2.24) is 0 Å². The zero-order valence-electron chi connectivity index (χ0n) is 13.3. The quantitative estimate of drug-likeness (QED) is 0.479. The maximum Gasteiger partial charge on any atom is 0.523 e. The number of aryl methyl sites for hydroxylation is 1. The summed E-state index contributed by atoms with van der Waals surface area (Å²) in [5.74, 6) is -0.632. The summed E-state index contributed by atoms with van der Waals surface area (Å²) in [6.07, 6.45) is 2.22. The Kier molecular flexibility index (Phi) is 4.44. The van der Waals surface area contributed by atoms with Gasteiger partial charge in [0.25, 0.3) is 0 Å². The lowest BCUT2D eigenvalue weighted by molar-refractivity contribution is -0.0546. The summed E-state index contributed by atoms with van der Waals surface area (Å²) in [7, 11) is -11.3. The highest BCUT2D eigenvalue weighted by molar-refractivity contribution is 8.37. The van der Waals surface area contributed by atoms with E-state index < -0.39 is 47.2 Å². The van der Waals surface area contributed by atoms with Gasteiger partial charge in [0.05, 0.1) is 0 Å². The van der Waals surface area contributed by atoms with Gasteiger partial charge in [-0.05, 0) is 48.4 Å². The molecule has 11 heteroatoms. The summed E-state index contributed by atoms with van der Waals surface area (Å²) in [6.45, 7) is 1.69. The normalized spacial score (nSPS) is 26.2. The van der Waals surface area contributed by atoms with Crippen molar-refractivity contribution in [2.45, 2.75) is 42.1 Å². The number of hydrogen-bond donors (Lipinski definition) is 0. The lowest BCUT2D eigenvalue weighted by atomic mass is 10.0. The molecule has 146 valence electrons. The van der Waals surface area contributed by atoms with Crippen molar-refractivity contribution in [2.75, 3.05) is 0 Å². The molecule has 0 aromatic heterocycles. The molecule has 0 amide bonds. The fourth-order valence-corrected chi connectivity index (χ4v) is 7.76. The lowest BCUT2D eigenvalue weighted by Crippen LogP contribution is -2.32. The van der Waals surface area contributed by atoms with Crippen LogP contribution in [0.5, 0.6) is 0 Å². The highest BCUT2D eigenvalue weighted by Gasteiger charge is 2.65. The average molecular weight is 420 g/mol. The van der Waals surface area contributed by atoms with Crippen molar-refractivity contribution in [1.29, 1.82) is 0 Å². The predicted octanol–water partition coefficient (Wildman–Crippen LogP) is 5.48. The van der Waals surface area contributed by atoms with Crippen LogP contribution in [-0.2, 0) is 20.2 Å². The molecule has 0 N–H and O–H groups in total. The topological polar surface area (TPSA) is 43.4 Å². The van der Waals surface area contributed by atoms with Gasteiger partial charge in [0.2, 0.25) is 0 Å². The molecule has 0 bridgehead atoms. The molecular formula is C15H14F6O3S2. The first-order valence-corrected chi connectivity index (χ1v) is 10.6. The Balaban J connectivity index is 2.30. The zero-order chi connectivity index (χ0) is 19.5. The van der Waals surface area contributed by atoms with E-state index in [0.717, 1.165) is 6.07 Å². The van der Waals surface area contributed by atoms with Gasteiger partial charge in [-0.15, -0.1) is 0 Å². The molecular weight excluding hydrogens is 406 g/mol. The van der Waals surface area contributed by atoms with Gasteiger partial charge in [0.15, 0.2) is 0 Å². The van der Waals surface area contributed by atoms with Gasteiger partial charge in [0.1, 0.15) is 0 Å². The molecule has 3 rings (SSSR count). The van der Waals surface area contributed by atoms with Gasteiger partial charge in [-0.2, -0.15) is 38.4 Å². The first kappa shape index (κ1) is 19.6. The SMILES string of the molecule is CCc1cccc2c1C=C(C1CC1)S2(OS(=O)(=O)C(F)(F)F)C(F)(F)F. The minimum atomic E-state index is -6.45. The van der Waals surface area contributed by atoms with Crippen molar-refractivity contribution in [3.63, 3.8) is 0 Å². The van der Waals surface area contributed by atoms with Crippen LogP contribution in [0.1, 0.15) is 30.9 Å². The van der Waals surface area contributed by atoms with Crippen molar-refractivity contribution in [3.05, 3.63) is 34.2 Å². The highest BCUT2D eigenvalue weighted by atomic mass is 32.3. The van der Waals surface area contributed by atoms with E-state index >= 15 is 0 Å². The van der Waals surface area contributed by atoms with E-state index in [9.17, 15) is 34.8 Å². The molecule has 1 aliphatic heterocycles. The van der Waals surface area contributed by atoms with Crippen LogP contribution in [0, 0.1) is 5.92 Å². The van der Waals surface area contributed by atoms with Crippen molar-refractivity contribution in [3.8, 4) is 0 Å². The minimum absolute atomic E-state index is 0.113. The van der Waals surface area contributed by atoms with Gasteiger partial charge in [0, 0.05) is 20.1 Å². The maximum atomic E-state index is 14.1. The Bertz CT molecular complexity index is 868. The third-order valence-electron chi connectivity index (χ3n) is 4.25. The van der Waals surface area contributed by atoms with Crippen LogP contribution in [-0.4, -0.2) is 19.4 Å². The molecule has 1 atom stereocenters. The van der Waals surface area contributed by atoms with Gasteiger partial charge >= 0.3 is 21.1 Å². The Morgan fingerprint density at radius 3 is 2.23 bits per heavy atom. The zero-order valence-corrected chi connectivity index (χ0v) is 15.0. The van der Waals surface area contributed by atoms with E-state index in [1.54, 1.807) is 13.0 Å². The number of hydrogen-bond acceptors (Lipinski definition) is 3. The average Bonchev–Trinajstić information content (AvgIpc) is 3.28. The fourth-order valence-electron chi connectivity index (χ4n) is 2.93. The largest absolute Gasteiger partial charge is 0.523 e. The van der Waals surface area contributed by atoms with Crippen molar-refractivity contribution >= 4 is 26.5 Å². The Hall–Kier alpha value is -1.20. The molecule has 0 spiro atoms. The van der Waals surface area contributed by atoms with E-state index in [2.05, 4.69) is 3.63 Å². The van der Waals surface area contributed by atoms with E-state index in [4.69, 9.17) is 0 Å². The maximum absolute atomic E-state index is 14.1. The first-order chi connectivity index (χ1) is 11.8. The molecule has 0 radical (unpaired) electrons. The smallest absolute Gasteiger partial charge is 0.196 e. The Morgan fingerprint density at radius 1 is 1.15 bits per heavy atom. The van der Waals surface area contributed by atoms with Gasteiger partial charge < -0.3 is 0 Å². The number of rotatable bonds is 4. The summed E-state index contributed by atoms with van der Waals surface area (Å²) in [5.41, 5.74) is -10.6. The lowest BCUT2D eigenvalue weighted by Gasteiger charge is -2.39. The molecule has 1 aromatic carbocycles. The molecule has 1 aliphatic carbocycles. The molecule has 3 nitrogen and oxygen atoms in total. The van der Waals surface area contributed by atoms with Crippen LogP contribution in [0.4, 0.5) is 26.3 Å². The molecule has 1 unspecified atom stereocenters. The fraction of sp³-hybridized carbons (Fsp3) is 0.467. The van der Waals surface area contributed by atoms with Crippen LogP contribution < -0.4 is 0 Å². The molecule has 0 saturated heterocycles. The summed E-state index contributed by atoms with van der Waals surface area (Å²) in [4.78, 5) is -0.923. The van der Waals surface area contributed by atoms with E-state index in [-0.39, 0.29) is 5.56 Å². The first-order valence-electron chi connectivity index (χ1n) is 7.60. The van der Waals surface area contributed by atoms with Crippen LogP contribution in [0.2, 0.25) is 0 Å². The second kappa shape index (κ2) is 5.90. The highest BCUT2D eigenvalue weighted by Crippen LogP contribution is 2.81. The van der Waals surface area contributed by atoms with E-state index in [1.165, 1.54) is 12.1 Å². The third-order valence-corrected chi connectivity index (χ3v) is 9.09. The van der Waals surface area contributed by atoms with Gasteiger partial charge in [-0.1, -0.05) is 19.1 Å². The predicted molar refractivity (Wildman–Crippen MR) is 84.5 cm³/mol. The van der Waals surface area contributed by atoms with E-state index in [0.29, 0.717) is 24.8 Å². The van der Waals surface area contributed by atoms with Crippen molar-refractivity contribution in [2.24, 2.45) is 5.92 Å². The van der Waals surface area contributed by atoms with Crippen LogP contribution in [0.3, 0.4) is 0 Å². The molecule has 26 heavy (non-hydrogen) atoms. The second-order valence-electron chi connectivity index (χ2n) is 5.97. The Morgan fingerprint density at radius 2 is 1.77 bits per heavy atom.